The average Bonchev–Trinajstić information content (AvgIpc) is 3.34. The summed E-state index contributed by atoms with van der Waals surface area (Å²) >= 11 is 0. The van der Waals surface area contributed by atoms with Crippen molar-refractivity contribution in [3.63, 3.8) is 0 Å². The highest BCUT2D eigenvalue weighted by Crippen LogP contribution is 2.23. The van der Waals surface area contributed by atoms with E-state index in [1.165, 1.54) is 10.9 Å². The Kier molecular flexibility index (Phi) is 5.93. The number of benzene rings is 2. The third kappa shape index (κ3) is 4.40. The average molecular weight is 418 g/mol. The van der Waals surface area contributed by atoms with Crippen LogP contribution in [0, 0.1) is 0 Å². The zero-order chi connectivity index (χ0) is 21.8. The predicted octanol–water partition coefficient (Wildman–Crippen LogP) is 3.15. The lowest BCUT2D eigenvalue weighted by atomic mass is 10.1. The minimum Gasteiger partial charge on any atom is -0.497 e. The van der Waals surface area contributed by atoms with E-state index >= 15 is 0 Å². The Bertz CT molecular complexity index is 1240. The summed E-state index contributed by atoms with van der Waals surface area (Å²) in [6.07, 6.45) is 2.97. The molecule has 2 amide bonds. The molecule has 4 aromatic rings. The van der Waals surface area contributed by atoms with Crippen molar-refractivity contribution in [2.24, 2.45) is 7.05 Å². The maximum Gasteiger partial charge on any atom is 0.267 e. The van der Waals surface area contributed by atoms with E-state index in [4.69, 9.17) is 4.74 Å². The highest BCUT2D eigenvalue weighted by Gasteiger charge is 2.14. The minimum absolute atomic E-state index is 0.0816. The van der Waals surface area contributed by atoms with Crippen LogP contribution in [-0.4, -0.2) is 41.6 Å². The van der Waals surface area contributed by atoms with Gasteiger partial charge in [0.1, 0.15) is 11.4 Å². The van der Waals surface area contributed by atoms with E-state index in [1.54, 1.807) is 7.11 Å². The van der Waals surface area contributed by atoms with Crippen molar-refractivity contribution in [3.05, 3.63) is 66.0 Å². The van der Waals surface area contributed by atoms with Gasteiger partial charge in [0.15, 0.2) is 0 Å². The second kappa shape index (κ2) is 8.95. The molecule has 2 aromatic heterocycles. The van der Waals surface area contributed by atoms with E-state index < -0.39 is 0 Å². The lowest BCUT2D eigenvalue weighted by Gasteiger charge is -2.08. The van der Waals surface area contributed by atoms with Crippen molar-refractivity contribution < 1.29 is 14.3 Å². The van der Waals surface area contributed by atoms with E-state index in [2.05, 4.69) is 21.7 Å². The molecule has 0 bridgehead atoms. The Morgan fingerprint density at radius 1 is 1.06 bits per heavy atom. The van der Waals surface area contributed by atoms with E-state index in [0.29, 0.717) is 12.2 Å². The molecular weight excluding hydrogens is 392 g/mol. The lowest BCUT2D eigenvalue weighted by Crippen LogP contribution is -2.32. The topological polar surface area (TPSA) is 88.2 Å². The second-order valence-electron chi connectivity index (χ2n) is 7.48. The number of aromatic amines is 1. The molecule has 0 atom stereocenters. The molecule has 0 aliphatic heterocycles. The summed E-state index contributed by atoms with van der Waals surface area (Å²) in [6.45, 7) is 0.836. The third-order valence-electron chi connectivity index (χ3n) is 5.51. The van der Waals surface area contributed by atoms with Crippen molar-refractivity contribution in [1.29, 1.82) is 0 Å². The number of ether oxygens (including phenoxy) is 1. The van der Waals surface area contributed by atoms with Crippen LogP contribution in [0.1, 0.15) is 22.5 Å². The molecule has 0 spiro atoms. The molecule has 0 unspecified atom stereocenters. The van der Waals surface area contributed by atoms with E-state index in [-0.39, 0.29) is 24.8 Å². The van der Waals surface area contributed by atoms with Crippen LogP contribution in [0.2, 0.25) is 0 Å². The molecule has 3 N–H and O–H groups in total. The number of para-hydroxylation sites is 1. The van der Waals surface area contributed by atoms with Crippen LogP contribution in [0.5, 0.6) is 5.75 Å². The number of nitrogens with zero attached hydrogens (tertiary/aromatic N) is 1. The quantitative estimate of drug-likeness (QED) is 0.411. The number of H-pyrrole nitrogens is 1. The molecule has 7 nitrogen and oxygen atoms in total. The maximum atomic E-state index is 12.6. The molecular formula is C24H26N4O3. The van der Waals surface area contributed by atoms with Crippen LogP contribution in [0.25, 0.3) is 21.8 Å². The van der Waals surface area contributed by atoms with Crippen molar-refractivity contribution >= 4 is 33.6 Å². The molecule has 0 saturated carbocycles. The molecule has 0 aliphatic rings. The first-order valence-electron chi connectivity index (χ1n) is 10.3. The van der Waals surface area contributed by atoms with Gasteiger partial charge in [-0.2, -0.15) is 0 Å². The van der Waals surface area contributed by atoms with Crippen molar-refractivity contribution in [2.75, 3.05) is 20.2 Å². The van der Waals surface area contributed by atoms with Crippen LogP contribution in [-0.2, 0) is 18.3 Å². The number of carbonyl (C=O) groups excluding carboxylic acids is 2. The number of aromatic nitrogens is 2. The fourth-order valence-electron chi connectivity index (χ4n) is 3.82. The van der Waals surface area contributed by atoms with E-state index in [1.807, 2.05) is 60.3 Å². The molecule has 7 heteroatoms. The summed E-state index contributed by atoms with van der Waals surface area (Å²) in [6, 6.07) is 15.6. The Morgan fingerprint density at radius 2 is 1.90 bits per heavy atom. The van der Waals surface area contributed by atoms with Crippen LogP contribution in [0.15, 0.2) is 54.7 Å². The maximum absolute atomic E-state index is 12.6. The number of hydrogen-bond acceptors (Lipinski definition) is 3. The number of methoxy groups -OCH3 is 1. The fourth-order valence-corrected chi connectivity index (χ4v) is 3.82. The van der Waals surface area contributed by atoms with Crippen LogP contribution < -0.4 is 15.4 Å². The summed E-state index contributed by atoms with van der Waals surface area (Å²) in [7, 11) is 3.46. The highest BCUT2D eigenvalue weighted by atomic mass is 16.5. The summed E-state index contributed by atoms with van der Waals surface area (Å²) in [5.74, 6) is 0.459. The largest absolute Gasteiger partial charge is 0.497 e. The molecule has 160 valence electrons. The molecule has 4 rings (SSSR count). The zero-order valence-electron chi connectivity index (χ0n) is 17.7. The van der Waals surface area contributed by atoms with Gasteiger partial charge < -0.3 is 24.9 Å². The Labute approximate surface area is 180 Å². The molecule has 2 aromatic carbocycles. The smallest absolute Gasteiger partial charge is 0.267 e. The number of rotatable bonds is 8. The van der Waals surface area contributed by atoms with E-state index in [9.17, 15) is 9.59 Å². The normalized spacial score (nSPS) is 11.0. The van der Waals surface area contributed by atoms with Gasteiger partial charge in [0.2, 0.25) is 5.91 Å². The molecule has 0 fully saturated rings. The Morgan fingerprint density at radius 3 is 2.74 bits per heavy atom. The zero-order valence-corrected chi connectivity index (χ0v) is 17.7. The molecule has 31 heavy (non-hydrogen) atoms. The van der Waals surface area contributed by atoms with Gasteiger partial charge in [-0.15, -0.1) is 0 Å². The van der Waals surface area contributed by atoms with Crippen molar-refractivity contribution in [3.8, 4) is 5.75 Å². The second-order valence-corrected chi connectivity index (χ2v) is 7.48. The first kappa shape index (κ1) is 20.5. The number of carbonyl (C=O) groups is 2. The van der Waals surface area contributed by atoms with Gasteiger partial charge in [-0.3, -0.25) is 9.59 Å². The van der Waals surface area contributed by atoms with Crippen LogP contribution in [0.4, 0.5) is 0 Å². The van der Waals surface area contributed by atoms with Gasteiger partial charge >= 0.3 is 0 Å². The summed E-state index contributed by atoms with van der Waals surface area (Å²) in [5, 5.41) is 7.86. The molecule has 0 radical (unpaired) electrons. The summed E-state index contributed by atoms with van der Waals surface area (Å²) in [4.78, 5) is 27.9. The fraction of sp³-hybridized carbons (Fsp3) is 0.250. The number of nitrogens with one attached hydrogen (secondary N) is 3. The standard InChI is InChI=1S/C24H26N4O3/c1-28-21-8-7-18(31-2)13-17(21)14-22(28)24(30)26-12-10-23(29)25-11-9-16-15-27-20-6-4-3-5-19(16)20/h3-8,13-15,27H,9-12H2,1-2H3,(H,25,29)(H,26,30). The van der Waals surface area contributed by atoms with Gasteiger partial charge in [0.05, 0.1) is 7.11 Å². The van der Waals surface area contributed by atoms with E-state index in [0.717, 1.165) is 28.6 Å². The number of hydrogen-bond donors (Lipinski definition) is 3. The van der Waals surface area contributed by atoms with Crippen molar-refractivity contribution in [2.45, 2.75) is 12.8 Å². The molecule has 2 heterocycles. The molecule has 0 aliphatic carbocycles. The Balaban J connectivity index is 1.25. The monoisotopic (exact) mass is 418 g/mol. The number of fused-ring (bicyclic) bond motifs is 2. The van der Waals surface area contributed by atoms with Crippen molar-refractivity contribution in [1.82, 2.24) is 20.2 Å². The number of amides is 2. The SMILES string of the molecule is COc1ccc2c(c1)cc(C(=O)NCCC(=O)NCCc1c[nH]c3ccccc13)n2C. The predicted molar refractivity (Wildman–Crippen MR) is 121 cm³/mol. The minimum atomic E-state index is -0.204. The van der Waals surface area contributed by atoms with Gasteiger partial charge in [-0.1, -0.05) is 18.2 Å². The van der Waals surface area contributed by atoms with Gasteiger partial charge in [-0.05, 0) is 42.3 Å². The number of aryl methyl sites for hydroxylation is 1. The van der Waals surface area contributed by atoms with Crippen LogP contribution in [0.3, 0.4) is 0 Å². The lowest BCUT2D eigenvalue weighted by molar-refractivity contribution is -0.120. The third-order valence-corrected chi connectivity index (χ3v) is 5.51. The van der Waals surface area contributed by atoms with Crippen LogP contribution >= 0.6 is 0 Å². The first-order valence-corrected chi connectivity index (χ1v) is 10.3. The Hall–Kier alpha value is -3.74. The summed E-state index contributed by atoms with van der Waals surface area (Å²) < 4.78 is 7.08. The molecule has 0 saturated heterocycles. The highest BCUT2D eigenvalue weighted by molar-refractivity contribution is 5.99. The van der Waals surface area contributed by atoms with Gasteiger partial charge in [0.25, 0.3) is 5.91 Å². The van der Waals surface area contributed by atoms with Gasteiger partial charge in [-0.25, -0.2) is 0 Å². The summed E-state index contributed by atoms with van der Waals surface area (Å²) in [5.41, 5.74) is 3.76. The first-order chi connectivity index (χ1) is 15.1. The van der Waals surface area contributed by atoms with Gasteiger partial charge in [0, 0.05) is 54.6 Å².